The van der Waals surface area contributed by atoms with Gasteiger partial charge in [-0.15, -0.1) is 0 Å². The van der Waals surface area contributed by atoms with Gasteiger partial charge in [0.25, 0.3) is 0 Å². The molecular formula is C23H31N5O7. The summed E-state index contributed by atoms with van der Waals surface area (Å²) in [7, 11) is 0. The van der Waals surface area contributed by atoms with E-state index in [0.29, 0.717) is 12.0 Å². The number of carbonyl (C=O) groups is 4. The highest BCUT2D eigenvalue weighted by Crippen LogP contribution is 2.21. The average molecular weight is 490 g/mol. The summed E-state index contributed by atoms with van der Waals surface area (Å²) in [6.07, 6.45) is 1.16. The molecule has 5 unspecified atom stereocenters. The zero-order valence-electron chi connectivity index (χ0n) is 19.3. The van der Waals surface area contributed by atoms with Crippen LogP contribution in [0.15, 0.2) is 30.5 Å². The number of nitrogens with one attached hydrogen (secondary N) is 3. The van der Waals surface area contributed by atoms with Crippen LogP contribution in [-0.4, -0.2) is 92.3 Å². The number of hydrogen-bond acceptors (Lipinski definition) is 7. The zero-order valence-corrected chi connectivity index (χ0v) is 19.3. The molecule has 1 aromatic carbocycles. The number of aromatic amines is 1. The van der Waals surface area contributed by atoms with Crippen molar-refractivity contribution in [1.29, 1.82) is 0 Å². The number of para-hydroxylation sites is 1. The molecule has 190 valence electrons. The first-order valence-electron chi connectivity index (χ1n) is 11.4. The quantitative estimate of drug-likeness (QED) is 0.208. The third-order valence-corrected chi connectivity index (χ3v) is 6.13. The first kappa shape index (κ1) is 26.1. The van der Waals surface area contributed by atoms with Crippen LogP contribution in [-0.2, 0) is 25.6 Å². The van der Waals surface area contributed by atoms with Crippen molar-refractivity contribution in [3.8, 4) is 0 Å². The van der Waals surface area contributed by atoms with Crippen molar-refractivity contribution in [3.63, 3.8) is 0 Å². The summed E-state index contributed by atoms with van der Waals surface area (Å²) in [6, 6.07) is 2.46. The molecule has 1 aliphatic heterocycles. The number of nitrogens with zero attached hydrogens (tertiary/aromatic N) is 1. The molecule has 12 heteroatoms. The second kappa shape index (κ2) is 11.3. The van der Waals surface area contributed by atoms with Gasteiger partial charge in [0.2, 0.25) is 17.7 Å². The number of nitrogens with two attached hydrogens (primary N) is 1. The fraction of sp³-hybridized carbons (Fsp3) is 0.478. The van der Waals surface area contributed by atoms with Gasteiger partial charge in [-0.3, -0.25) is 14.4 Å². The Labute approximate surface area is 201 Å². The Morgan fingerprint density at radius 1 is 1.20 bits per heavy atom. The van der Waals surface area contributed by atoms with E-state index in [-0.39, 0.29) is 19.4 Å². The number of aliphatic hydroxyl groups excluding tert-OH is 2. The highest BCUT2D eigenvalue weighted by atomic mass is 16.4. The number of carboxylic acids is 1. The summed E-state index contributed by atoms with van der Waals surface area (Å²) in [5, 5.41) is 34.7. The lowest BCUT2D eigenvalue weighted by Gasteiger charge is -2.30. The number of carboxylic acid groups (broad SMARTS) is 1. The molecule has 12 nitrogen and oxygen atoms in total. The largest absolute Gasteiger partial charge is 0.480 e. The molecule has 1 saturated heterocycles. The highest BCUT2D eigenvalue weighted by molar-refractivity contribution is 5.95. The van der Waals surface area contributed by atoms with Gasteiger partial charge in [-0.1, -0.05) is 18.2 Å². The molecular weight excluding hydrogens is 458 g/mol. The fourth-order valence-corrected chi connectivity index (χ4v) is 4.20. The smallest absolute Gasteiger partial charge is 0.326 e. The van der Waals surface area contributed by atoms with E-state index < -0.39 is 60.6 Å². The predicted octanol–water partition coefficient (Wildman–Crippen LogP) is -1.54. The molecule has 1 aromatic heterocycles. The van der Waals surface area contributed by atoms with Crippen molar-refractivity contribution < 1.29 is 34.5 Å². The minimum absolute atomic E-state index is 0.0297. The van der Waals surface area contributed by atoms with Gasteiger partial charge in [0.1, 0.15) is 24.2 Å². The maximum absolute atomic E-state index is 13.3. The van der Waals surface area contributed by atoms with E-state index in [1.165, 1.54) is 6.92 Å². The number of aliphatic hydroxyl groups is 2. The van der Waals surface area contributed by atoms with E-state index >= 15 is 0 Å². The predicted molar refractivity (Wildman–Crippen MR) is 125 cm³/mol. The van der Waals surface area contributed by atoms with E-state index in [1.807, 2.05) is 24.3 Å². The summed E-state index contributed by atoms with van der Waals surface area (Å²) in [5.74, 6) is -3.41. The molecule has 0 bridgehead atoms. The molecule has 2 aromatic rings. The number of hydrogen-bond donors (Lipinski definition) is 7. The Bertz CT molecular complexity index is 1090. The second-order valence-electron chi connectivity index (χ2n) is 8.67. The number of aromatic nitrogens is 1. The number of fused-ring (bicyclic) bond motifs is 1. The Kier molecular flexibility index (Phi) is 8.43. The molecule has 1 fully saturated rings. The third-order valence-electron chi connectivity index (χ3n) is 6.13. The van der Waals surface area contributed by atoms with Gasteiger partial charge in [0, 0.05) is 30.1 Å². The van der Waals surface area contributed by atoms with Gasteiger partial charge in [-0.05, 0) is 31.4 Å². The summed E-state index contributed by atoms with van der Waals surface area (Å²) < 4.78 is 0. The summed E-state index contributed by atoms with van der Waals surface area (Å²) in [5.41, 5.74) is 7.13. The van der Waals surface area contributed by atoms with Gasteiger partial charge in [-0.25, -0.2) is 4.79 Å². The fourth-order valence-electron chi connectivity index (χ4n) is 4.20. The lowest BCUT2D eigenvalue weighted by molar-refractivity contribution is -0.150. The van der Waals surface area contributed by atoms with Crippen LogP contribution in [0.2, 0.25) is 0 Å². The Morgan fingerprint density at radius 2 is 1.91 bits per heavy atom. The van der Waals surface area contributed by atoms with Crippen molar-refractivity contribution >= 4 is 34.6 Å². The lowest BCUT2D eigenvalue weighted by atomic mass is 10.0. The van der Waals surface area contributed by atoms with Crippen LogP contribution in [0.1, 0.15) is 25.3 Å². The summed E-state index contributed by atoms with van der Waals surface area (Å²) >= 11 is 0. The number of likely N-dealkylation sites (tertiary alicyclic amines) is 1. The molecule has 3 amide bonds. The second-order valence-corrected chi connectivity index (χ2v) is 8.67. The van der Waals surface area contributed by atoms with Crippen molar-refractivity contribution in [1.82, 2.24) is 20.5 Å². The van der Waals surface area contributed by atoms with Crippen molar-refractivity contribution in [2.24, 2.45) is 5.73 Å². The maximum atomic E-state index is 13.3. The monoisotopic (exact) mass is 489 g/mol. The topological polar surface area (TPSA) is 198 Å². The molecule has 0 aliphatic carbocycles. The van der Waals surface area contributed by atoms with Crippen LogP contribution >= 0.6 is 0 Å². The van der Waals surface area contributed by atoms with Crippen molar-refractivity contribution in [3.05, 3.63) is 36.0 Å². The zero-order chi connectivity index (χ0) is 25.7. The minimum Gasteiger partial charge on any atom is -0.480 e. The highest BCUT2D eigenvalue weighted by Gasteiger charge is 2.40. The van der Waals surface area contributed by atoms with Crippen LogP contribution in [0, 0.1) is 0 Å². The Hall–Kier alpha value is -3.48. The van der Waals surface area contributed by atoms with E-state index in [2.05, 4.69) is 15.6 Å². The van der Waals surface area contributed by atoms with Gasteiger partial charge < -0.3 is 41.6 Å². The van der Waals surface area contributed by atoms with E-state index in [0.717, 1.165) is 15.8 Å². The first-order chi connectivity index (χ1) is 16.6. The minimum atomic E-state index is -1.42. The SMILES string of the molecule is CC(O)C(NC(=O)C(Cc1c[nH]c2ccccc12)NC(=O)C(N)CO)C(=O)N1CCCC1C(=O)O. The van der Waals surface area contributed by atoms with Gasteiger partial charge >= 0.3 is 5.97 Å². The van der Waals surface area contributed by atoms with Gasteiger partial charge in [0.05, 0.1) is 12.7 Å². The van der Waals surface area contributed by atoms with E-state index in [1.54, 1.807) is 6.20 Å². The number of amides is 3. The lowest BCUT2D eigenvalue weighted by Crippen LogP contribution is -2.60. The Morgan fingerprint density at radius 3 is 2.57 bits per heavy atom. The maximum Gasteiger partial charge on any atom is 0.326 e. The summed E-state index contributed by atoms with van der Waals surface area (Å²) in [4.78, 5) is 54.5. The Balaban J connectivity index is 1.83. The van der Waals surface area contributed by atoms with E-state index in [9.17, 15) is 34.5 Å². The molecule has 0 saturated carbocycles. The molecule has 5 atom stereocenters. The number of aliphatic carboxylic acids is 1. The van der Waals surface area contributed by atoms with Crippen molar-refractivity contribution in [2.45, 2.75) is 56.5 Å². The molecule has 35 heavy (non-hydrogen) atoms. The van der Waals surface area contributed by atoms with Gasteiger partial charge in [-0.2, -0.15) is 0 Å². The standard InChI is InChI=1S/C23H31N5O7/c1-12(30)19(22(33)28-8-4-7-18(28)23(34)35)27-21(32)17(26-20(31)15(24)11-29)9-13-10-25-16-6-3-2-5-14(13)16/h2-3,5-6,10,12,15,17-19,25,29-30H,4,7-9,11,24H2,1H3,(H,26,31)(H,27,32)(H,34,35). The molecule has 8 N–H and O–H groups in total. The van der Waals surface area contributed by atoms with Crippen LogP contribution in [0.5, 0.6) is 0 Å². The third kappa shape index (κ3) is 5.96. The number of benzene rings is 1. The number of H-pyrrole nitrogens is 1. The average Bonchev–Trinajstić information content (AvgIpc) is 3.48. The van der Waals surface area contributed by atoms with E-state index in [4.69, 9.17) is 5.73 Å². The number of carbonyl (C=O) groups excluding carboxylic acids is 3. The van der Waals surface area contributed by atoms with Gasteiger partial charge in [0.15, 0.2) is 0 Å². The molecule has 0 radical (unpaired) electrons. The van der Waals surface area contributed by atoms with Crippen LogP contribution < -0.4 is 16.4 Å². The summed E-state index contributed by atoms with van der Waals surface area (Å²) in [6.45, 7) is 0.868. The number of rotatable bonds is 10. The first-order valence-corrected chi connectivity index (χ1v) is 11.4. The van der Waals surface area contributed by atoms with Crippen LogP contribution in [0.3, 0.4) is 0 Å². The van der Waals surface area contributed by atoms with Crippen molar-refractivity contribution in [2.75, 3.05) is 13.2 Å². The molecule has 2 heterocycles. The van der Waals surface area contributed by atoms with Crippen LogP contribution in [0.25, 0.3) is 10.9 Å². The normalized spacial score (nSPS) is 19.1. The van der Waals surface area contributed by atoms with Crippen LogP contribution in [0.4, 0.5) is 0 Å². The molecule has 1 aliphatic rings. The molecule has 3 rings (SSSR count). The molecule has 0 spiro atoms.